The zero-order valence-electron chi connectivity index (χ0n) is 8.15. The van der Waals surface area contributed by atoms with Gasteiger partial charge in [-0.2, -0.15) is 0 Å². The van der Waals surface area contributed by atoms with Crippen LogP contribution in [-0.4, -0.2) is 18.5 Å². The summed E-state index contributed by atoms with van der Waals surface area (Å²) in [7, 11) is 0. The van der Waals surface area contributed by atoms with Crippen molar-refractivity contribution in [2.75, 3.05) is 6.61 Å². The summed E-state index contributed by atoms with van der Waals surface area (Å²) in [6.45, 7) is 3.40. The molecule has 0 radical (unpaired) electrons. The Morgan fingerprint density at radius 1 is 1.64 bits per heavy atom. The summed E-state index contributed by atoms with van der Waals surface area (Å²) in [6, 6.07) is 0. The normalized spacial score (nSPS) is 24.3. The molecule has 0 spiro atoms. The number of allylic oxidation sites excluding steroid dienone is 1. The summed E-state index contributed by atoms with van der Waals surface area (Å²) in [6.07, 6.45) is 4.64. The molecule has 0 aromatic carbocycles. The Morgan fingerprint density at radius 2 is 2.36 bits per heavy atom. The molecule has 0 N–H and O–H groups in total. The molecule has 1 saturated heterocycles. The smallest absolute Gasteiger partial charge is 0.334 e. The van der Waals surface area contributed by atoms with Crippen LogP contribution < -0.4 is 0 Å². The number of ether oxygens (including phenoxy) is 2. The summed E-state index contributed by atoms with van der Waals surface area (Å²) in [4.78, 5) is 21.5. The van der Waals surface area contributed by atoms with Crippen LogP contribution in [0.5, 0.6) is 0 Å². The van der Waals surface area contributed by atoms with Crippen molar-refractivity contribution in [3.63, 3.8) is 0 Å². The number of esters is 2. The first-order valence-electron chi connectivity index (χ1n) is 4.32. The van der Waals surface area contributed by atoms with Crippen molar-refractivity contribution in [1.82, 2.24) is 0 Å². The Hall–Kier alpha value is -1.58. The third kappa shape index (κ3) is 2.45. The number of carbonyl (C=O) groups excluding carboxylic acids is 2. The average Bonchev–Trinajstić information content (AvgIpc) is 2.46. The van der Waals surface area contributed by atoms with E-state index in [-0.39, 0.29) is 17.9 Å². The molecule has 0 aliphatic carbocycles. The molecule has 1 heterocycles. The standard InChI is InChI=1S/C10H12O4/c1-3-9-8(6-14-10(9)12)4-5-13-7(2)11/h3-5,8H,6H2,1-2H3/b5-4+,9-3-/t8-/m0/s1. The average molecular weight is 196 g/mol. The molecular weight excluding hydrogens is 184 g/mol. The van der Waals surface area contributed by atoms with Gasteiger partial charge >= 0.3 is 11.9 Å². The van der Waals surface area contributed by atoms with E-state index in [0.717, 1.165) is 0 Å². The van der Waals surface area contributed by atoms with Crippen molar-refractivity contribution < 1.29 is 19.1 Å². The first kappa shape index (κ1) is 10.5. The highest BCUT2D eigenvalue weighted by Crippen LogP contribution is 2.22. The van der Waals surface area contributed by atoms with Crippen LogP contribution in [0.15, 0.2) is 24.0 Å². The fourth-order valence-corrected chi connectivity index (χ4v) is 1.21. The highest BCUT2D eigenvalue weighted by Gasteiger charge is 2.27. The number of hydrogen-bond acceptors (Lipinski definition) is 4. The molecule has 4 heteroatoms. The summed E-state index contributed by atoms with van der Waals surface area (Å²) >= 11 is 0. The lowest BCUT2D eigenvalue weighted by Gasteiger charge is -1.99. The Morgan fingerprint density at radius 3 is 2.93 bits per heavy atom. The van der Waals surface area contributed by atoms with E-state index >= 15 is 0 Å². The molecule has 1 rings (SSSR count). The third-order valence-electron chi connectivity index (χ3n) is 1.89. The van der Waals surface area contributed by atoms with E-state index in [1.54, 1.807) is 19.1 Å². The maximum absolute atomic E-state index is 11.1. The number of carbonyl (C=O) groups is 2. The van der Waals surface area contributed by atoms with Gasteiger partial charge in [0.25, 0.3) is 0 Å². The van der Waals surface area contributed by atoms with Crippen LogP contribution in [0.25, 0.3) is 0 Å². The van der Waals surface area contributed by atoms with E-state index in [9.17, 15) is 9.59 Å². The predicted molar refractivity (Wildman–Crippen MR) is 49.1 cm³/mol. The van der Waals surface area contributed by atoms with E-state index in [1.807, 2.05) is 0 Å². The molecule has 1 aliphatic rings. The molecule has 4 nitrogen and oxygen atoms in total. The molecular formula is C10H12O4. The van der Waals surface area contributed by atoms with Crippen LogP contribution in [-0.2, 0) is 19.1 Å². The van der Waals surface area contributed by atoms with Crippen LogP contribution in [0.1, 0.15) is 13.8 Å². The van der Waals surface area contributed by atoms with Crippen LogP contribution in [0.3, 0.4) is 0 Å². The second kappa shape index (κ2) is 4.60. The van der Waals surface area contributed by atoms with Gasteiger partial charge in [-0.15, -0.1) is 0 Å². The largest absolute Gasteiger partial charge is 0.461 e. The van der Waals surface area contributed by atoms with Crippen molar-refractivity contribution in [1.29, 1.82) is 0 Å². The fourth-order valence-electron chi connectivity index (χ4n) is 1.21. The third-order valence-corrected chi connectivity index (χ3v) is 1.89. The van der Waals surface area contributed by atoms with Gasteiger partial charge in [0.2, 0.25) is 0 Å². The zero-order chi connectivity index (χ0) is 10.6. The summed E-state index contributed by atoms with van der Waals surface area (Å²) in [5, 5.41) is 0. The minimum Gasteiger partial charge on any atom is -0.461 e. The van der Waals surface area contributed by atoms with E-state index in [2.05, 4.69) is 4.74 Å². The van der Waals surface area contributed by atoms with Gasteiger partial charge in [-0.25, -0.2) is 4.79 Å². The number of hydrogen-bond donors (Lipinski definition) is 0. The molecule has 0 aromatic rings. The van der Waals surface area contributed by atoms with E-state index in [1.165, 1.54) is 13.2 Å². The van der Waals surface area contributed by atoms with Gasteiger partial charge in [-0.05, 0) is 13.0 Å². The van der Waals surface area contributed by atoms with Crippen LogP contribution in [0.4, 0.5) is 0 Å². The zero-order valence-corrected chi connectivity index (χ0v) is 8.15. The maximum atomic E-state index is 11.1. The van der Waals surface area contributed by atoms with Gasteiger partial charge in [-0.3, -0.25) is 4.79 Å². The Kier molecular flexibility index (Phi) is 3.45. The molecule has 0 saturated carbocycles. The lowest BCUT2D eigenvalue weighted by atomic mass is 10.0. The molecule has 0 bridgehead atoms. The first-order chi connectivity index (χ1) is 6.65. The fraction of sp³-hybridized carbons (Fsp3) is 0.400. The molecule has 0 amide bonds. The highest BCUT2D eigenvalue weighted by molar-refractivity contribution is 5.91. The molecule has 1 atom stereocenters. The Balaban J connectivity index is 2.58. The predicted octanol–water partition coefficient (Wildman–Crippen LogP) is 1.18. The first-order valence-corrected chi connectivity index (χ1v) is 4.32. The number of rotatable bonds is 2. The van der Waals surface area contributed by atoms with Crippen molar-refractivity contribution in [3.05, 3.63) is 24.0 Å². The maximum Gasteiger partial charge on any atom is 0.334 e. The van der Waals surface area contributed by atoms with Crippen molar-refractivity contribution >= 4 is 11.9 Å². The molecule has 1 aliphatic heterocycles. The van der Waals surface area contributed by atoms with E-state index < -0.39 is 0 Å². The summed E-state index contributed by atoms with van der Waals surface area (Å²) in [5.41, 5.74) is 0.605. The van der Waals surface area contributed by atoms with Crippen LogP contribution >= 0.6 is 0 Å². The van der Waals surface area contributed by atoms with Crippen molar-refractivity contribution in [2.24, 2.45) is 5.92 Å². The summed E-state index contributed by atoms with van der Waals surface area (Å²) < 4.78 is 9.45. The van der Waals surface area contributed by atoms with E-state index in [4.69, 9.17) is 4.74 Å². The van der Waals surface area contributed by atoms with Crippen LogP contribution in [0, 0.1) is 5.92 Å². The van der Waals surface area contributed by atoms with Gasteiger partial charge in [-0.1, -0.05) is 6.08 Å². The van der Waals surface area contributed by atoms with Gasteiger partial charge < -0.3 is 9.47 Å². The lowest BCUT2D eigenvalue weighted by molar-refractivity contribution is -0.136. The minimum absolute atomic E-state index is 0.105. The Labute approximate surface area is 82.2 Å². The summed E-state index contributed by atoms with van der Waals surface area (Å²) in [5.74, 6) is -0.787. The Bertz CT molecular complexity index is 301. The van der Waals surface area contributed by atoms with Gasteiger partial charge in [0.05, 0.1) is 6.26 Å². The molecule has 0 aromatic heterocycles. The monoisotopic (exact) mass is 196 g/mol. The molecule has 14 heavy (non-hydrogen) atoms. The topological polar surface area (TPSA) is 52.6 Å². The van der Waals surface area contributed by atoms with Gasteiger partial charge in [0, 0.05) is 18.4 Å². The quantitative estimate of drug-likeness (QED) is 0.378. The van der Waals surface area contributed by atoms with Crippen molar-refractivity contribution in [3.8, 4) is 0 Å². The second-order valence-electron chi connectivity index (χ2n) is 2.89. The molecule has 0 unspecified atom stereocenters. The lowest BCUT2D eigenvalue weighted by Crippen LogP contribution is -2.00. The second-order valence-corrected chi connectivity index (χ2v) is 2.89. The van der Waals surface area contributed by atoms with Crippen LogP contribution in [0.2, 0.25) is 0 Å². The number of cyclic esters (lactones) is 1. The molecule has 1 fully saturated rings. The minimum atomic E-state index is -0.381. The SMILES string of the molecule is C/C=C1\C(=O)OC[C@@H]1/C=C/OC(C)=O. The molecule has 76 valence electrons. The van der Waals surface area contributed by atoms with Crippen molar-refractivity contribution in [2.45, 2.75) is 13.8 Å². The van der Waals surface area contributed by atoms with Gasteiger partial charge in [0.15, 0.2) is 0 Å². The van der Waals surface area contributed by atoms with Gasteiger partial charge in [0.1, 0.15) is 6.61 Å². The highest BCUT2D eigenvalue weighted by atomic mass is 16.5. The van der Waals surface area contributed by atoms with E-state index in [0.29, 0.717) is 12.2 Å².